The molecule has 2 aromatic rings. The van der Waals surface area contributed by atoms with Gasteiger partial charge in [0.05, 0.1) is 0 Å². The zero-order valence-electron chi connectivity index (χ0n) is 10.7. The molecule has 0 aliphatic rings. The Morgan fingerprint density at radius 1 is 1.37 bits per heavy atom. The molecule has 0 bridgehead atoms. The Kier molecular flexibility index (Phi) is 2.97. The Morgan fingerprint density at radius 2 is 2.00 bits per heavy atom. The number of nitrogens with one attached hydrogen (secondary N) is 1. The quantitative estimate of drug-likeness (QED) is 0.604. The molecule has 1 atom stereocenters. The summed E-state index contributed by atoms with van der Waals surface area (Å²) in [5.74, 6) is 0.154. The molecule has 1 N–H and O–H groups in total. The molecule has 0 amide bonds. The van der Waals surface area contributed by atoms with Crippen LogP contribution >= 0.6 is 0 Å². The monoisotopic (exact) mass is 267 g/mol. The van der Waals surface area contributed by atoms with E-state index in [1.165, 1.54) is 18.7 Å². The summed E-state index contributed by atoms with van der Waals surface area (Å²) >= 11 is 0. The third-order valence-corrected chi connectivity index (χ3v) is 3.11. The van der Waals surface area contributed by atoms with E-state index in [1.54, 1.807) is 6.92 Å². The van der Waals surface area contributed by atoms with Gasteiger partial charge in [0.15, 0.2) is 17.0 Å². The first-order valence-electron chi connectivity index (χ1n) is 5.67. The topological polar surface area (TPSA) is 116 Å². The number of H-pyrrole nitrogens is 1. The van der Waals surface area contributed by atoms with Gasteiger partial charge < -0.3 is 4.57 Å². The van der Waals surface area contributed by atoms with Crippen molar-refractivity contribution in [2.75, 3.05) is 0 Å². The van der Waals surface area contributed by atoms with Crippen molar-refractivity contribution >= 4 is 11.2 Å². The van der Waals surface area contributed by atoms with Crippen LogP contribution < -0.4 is 11.2 Å². The van der Waals surface area contributed by atoms with Gasteiger partial charge in [-0.3, -0.25) is 24.5 Å². The molecule has 0 aromatic carbocycles. The minimum absolute atomic E-state index is 0.0749. The number of aromatic nitrogens is 4. The summed E-state index contributed by atoms with van der Waals surface area (Å²) < 4.78 is 2.27. The van der Waals surface area contributed by atoms with Crippen molar-refractivity contribution in [1.82, 2.24) is 19.1 Å². The van der Waals surface area contributed by atoms with Crippen molar-refractivity contribution < 1.29 is 4.92 Å². The molecule has 0 spiro atoms. The highest BCUT2D eigenvalue weighted by atomic mass is 16.6. The minimum Gasteiger partial charge on any atom is -0.319 e. The Bertz CT molecular complexity index is 769. The summed E-state index contributed by atoms with van der Waals surface area (Å²) in [6.07, 6.45) is 0.245. The SMILES string of the molecule is CCC(c1nc2[nH]c(=O)n(C)c(=O)c2n1C)[N+](=O)[O-]. The van der Waals surface area contributed by atoms with E-state index in [1.807, 2.05) is 0 Å². The average Bonchev–Trinajstić information content (AvgIpc) is 2.64. The molecule has 9 nitrogen and oxygen atoms in total. The fourth-order valence-corrected chi connectivity index (χ4v) is 2.01. The van der Waals surface area contributed by atoms with Crippen molar-refractivity contribution in [2.45, 2.75) is 19.4 Å². The standard InChI is InChI=1S/C10H13N5O4/c1-4-5(15(18)19)8-11-7-6(13(8)2)9(16)14(3)10(17)12-7/h5H,4H2,1-3H3,(H,12,17). The molecule has 0 radical (unpaired) electrons. The van der Waals surface area contributed by atoms with Crippen LogP contribution in [0, 0.1) is 10.1 Å². The van der Waals surface area contributed by atoms with E-state index in [2.05, 4.69) is 9.97 Å². The highest BCUT2D eigenvalue weighted by Gasteiger charge is 2.28. The Labute approximate surface area is 106 Å². The van der Waals surface area contributed by atoms with Gasteiger partial charge in [0.2, 0.25) is 0 Å². The summed E-state index contributed by atoms with van der Waals surface area (Å²) in [5.41, 5.74) is -0.905. The minimum atomic E-state index is -1.01. The van der Waals surface area contributed by atoms with Crippen LogP contribution in [0.15, 0.2) is 9.59 Å². The van der Waals surface area contributed by atoms with E-state index >= 15 is 0 Å². The lowest BCUT2D eigenvalue weighted by molar-refractivity contribution is -0.531. The molecule has 19 heavy (non-hydrogen) atoms. The van der Waals surface area contributed by atoms with Gasteiger partial charge in [-0.2, -0.15) is 0 Å². The van der Waals surface area contributed by atoms with Gasteiger partial charge in [0, 0.05) is 25.4 Å². The number of nitrogens with zero attached hydrogens (tertiary/aromatic N) is 4. The zero-order valence-corrected chi connectivity index (χ0v) is 10.7. The molecule has 0 aliphatic heterocycles. The van der Waals surface area contributed by atoms with Gasteiger partial charge >= 0.3 is 5.69 Å². The normalized spacial score (nSPS) is 12.8. The Morgan fingerprint density at radius 3 is 2.53 bits per heavy atom. The van der Waals surface area contributed by atoms with Crippen molar-refractivity contribution in [1.29, 1.82) is 0 Å². The number of hydrogen-bond donors (Lipinski definition) is 1. The van der Waals surface area contributed by atoms with Crippen LogP contribution in [0.5, 0.6) is 0 Å². The summed E-state index contributed by atoms with van der Waals surface area (Å²) in [6, 6.07) is -1.01. The fourth-order valence-electron chi connectivity index (χ4n) is 2.01. The van der Waals surface area contributed by atoms with E-state index in [0.717, 1.165) is 4.57 Å². The Hall–Kier alpha value is -2.45. The van der Waals surface area contributed by atoms with Crippen molar-refractivity contribution in [3.63, 3.8) is 0 Å². The van der Waals surface area contributed by atoms with Gasteiger partial charge in [-0.05, 0) is 0 Å². The molecule has 9 heteroatoms. The fraction of sp³-hybridized carbons (Fsp3) is 0.500. The molecule has 1 unspecified atom stereocenters. The van der Waals surface area contributed by atoms with Crippen LogP contribution in [0.1, 0.15) is 25.2 Å². The first-order chi connectivity index (χ1) is 8.88. The van der Waals surface area contributed by atoms with Crippen molar-refractivity contribution in [3.8, 4) is 0 Å². The maximum atomic E-state index is 12.0. The Balaban J connectivity index is 2.84. The molecule has 0 saturated carbocycles. The highest BCUT2D eigenvalue weighted by Crippen LogP contribution is 2.20. The molecular formula is C10H13N5O4. The second kappa shape index (κ2) is 4.34. The molecule has 0 fully saturated rings. The maximum Gasteiger partial charge on any atom is 0.329 e. The van der Waals surface area contributed by atoms with Gasteiger partial charge in [-0.15, -0.1) is 0 Å². The number of rotatable bonds is 3. The molecular weight excluding hydrogens is 254 g/mol. The summed E-state index contributed by atoms with van der Waals surface area (Å²) in [4.78, 5) is 40.4. The second-order valence-electron chi connectivity index (χ2n) is 4.23. The van der Waals surface area contributed by atoms with E-state index in [9.17, 15) is 19.7 Å². The molecule has 102 valence electrons. The number of aryl methyl sites for hydroxylation is 1. The van der Waals surface area contributed by atoms with Gasteiger partial charge in [0.1, 0.15) is 0 Å². The van der Waals surface area contributed by atoms with E-state index < -0.39 is 22.2 Å². The highest BCUT2D eigenvalue weighted by molar-refractivity contribution is 5.70. The van der Waals surface area contributed by atoms with E-state index in [4.69, 9.17) is 0 Å². The number of fused-ring (bicyclic) bond motifs is 1. The van der Waals surface area contributed by atoms with Crippen LogP contribution in [0.2, 0.25) is 0 Å². The lowest BCUT2D eigenvalue weighted by Gasteiger charge is -2.06. The van der Waals surface area contributed by atoms with Crippen LogP contribution in [0.25, 0.3) is 11.2 Å². The van der Waals surface area contributed by atoms with E-state index in [0.29, 0.717) is 0 Å². The number of aromatic amines is 1. The lowest BCUT2D eigenvalue weighted by atomic mass is 10.2. The van der Waals surface area contributed by atoms with Crippen molar-refractivity contribution in [3.05, 3.63) is 36.8 Å². The van der Waals surface area contributed by atoms with Crippen LogP contribution in [-0.4, -0.2) is 24.0 Å². The summed E-state index contributed by atoms with van der Waals surface area (Å²) in [5, 5.41) is 11.0. The predicted octanol–water partition coefficient (Wildman–Crippen LogP) is -0.312. The third-order valence-electron chi connectivity index (χ3n) is 3.11. The molecule has 2 heterocycles. The second-order valence-corrected chi connectivity index (χ2v) is 4.23. The lowest BCUT2D eigenvalue weighted by Crippen LogP contribution is -2.33. The largest absolute Gasteiger partial charge is 0.329 e. The van der Waals surface area contributed by atoms with Crippen molar-refractivity contribution in [2.24, 2.45) is 14.1 Å². The maximum absolute atomic E-state index is 12.0. The molecule has 0 saturated heterocycles. The van der Waals surface area contributed by atoms with Crippen LogP contribution in [-0.2, 0) is 14.1 Å². The predicted molar refractivity (Wildman–Crippen MR) is 66.6 cm³/mol. The smallest absolute Gasteiger partial charge is 0.319 e. The van der Waals surface area contributed by atoms with Gasteiger partial charge in [-0.1, -0.05) is 6.92 Å². The molecule has 2 rings (SSSR count). The first-order valence-corrected chi connectivity index (χ1v) is 5.67. The van der Waals surface area contributed by atoms with Crippen LogP contribution in [0.3, 0.4) is 0 Å². The first kappa shape index (κ1) is 13.0. The van der Waals surface area contributed by atoms with Gasteiger partial charge in [0.25, 0.3) is 11.6 Å². The van der Waals surface area contributed by atoms with E-state index in [-0.39, 0.29) is 23.4 Å². The zero-order chi connectivity index (χ0) is 14.3. The van der Waals surface area contributed by atoms with Crippen LogP contribution in [0.4, 0.5) is 0 Å². The summed E-state index contributed by atoms with van der Waals surface area (Å²) in [6.45, 7) is 1.66. The molecule has 0 aliphatic carbocycles. The molecule has 2 aromatic heterocycles. The summed E-state index contributed by atoms with van der Waals surface area (Å²) in [7, 11) is 2.86. The number of nitro groups is 1. The van der Waals surface area contributed by atoms with Gasteiger partial charge in [-0.25, -0.2) is 9.78 Å². The number of hydrogen-bond acceptors (Lipinski definition) is 5. The average molecular weight is 267 g/mol. The third kappa shape index (κ3) is 1.83. The number of imidazole rings is 1.